The number of nitrogen functional groups attached to an aromatic ring is 2. The second-order valence-corrected chi connectivity index (χ2v) is 5.85. The molecule has 0 bridgehead atoms. The van der Waals surface area contributed by atoms with E-state index in [-0.39, 0.29) is 0 Å². The molecule has 4 aromatic carbocycles. The molecule has 0 saturated carbocycles. The molecular weight excluding hydrogens is 292 g/mol. The van der Waals surface area contributed by atoms with Gasteiger partial charge >= 0.3 is 0 Å². The van der Waals surface area contributed by atoms with Crippen molar-refractivity contribution in [2.75, 3.05) is 11.5 Å². The Hall–Kier alpha value is -3.26. The zero-order valence-electron chi connectivity index (χ0n) is 13.2. The SMILES string of the molecule is Nc1ccc(-c2[c]c(-c3cccc4ccccc34)c(N)cc2)cc1. The molecule has 0 aromatic heterocycles. The van der Waals surface area contributed by atoms with E-state index >= 15 is 0 Å². The predicted octanol–water partition coefficient (Wildman–Crippen LogP) is 5.14. The molecule has 1 radical (unpaired) electrons. The van der Waals surface area contributed by atoms with Gasteiger partial charge in [-0.2, -0.15) is 0 Å². The monoisotopic (exact) mass is 309 g/mol. The Balaban J connectivity index is 1.91. The highest BCUT2D eigenvalue weighted by atomic mass is 14.6. The van der Waals surface area contributed by atoms with Gasteiger partial charge in [-0.05, 0) is 45.7 Å². The molecule has 2 heteroatoms. The van der Waals surface area contributed by atoms with Crippen LogP contribution in [0.25, 0.3) is 33.0 Å². The number of nitrogens with two attached hydrogens (primary N) is 2. The zero-order valence-corrected chi connectivity index (χ0v) is 13.2. The van der Waals surface area contributed by atoms with Crippen LogP contribution in [0.3, 0.4) is 0 Å². The molecule has 0 aliphatic heterocycles. The minimum Gasteiger partial charge on any atom is -0.399 e. The van der Waals surface area contributed by atoms with E-state index in [1.54, 1.807) is 0 Å². The van der Waals surface area contributed by atoms with Crippen LogP contribution in [0.1, 0.15) is 0 Å². The molecule has 4 aromatic rings. The van der Waals surface area contributed by atoms with Crippen LogP contribution in [0.5, 0.6) is 0 Å². The molecule has 2 nitrogen and oxygen atoms in total. The molecule has 0 aliphatic rings. The van der Waals surface area contributed by atoms with Crippen LogP contribution in [0.2, 0.25) is 0 Å². The van der Waals surface area contributed by atoms with Crippen LogP contribution in [0.4, 0.5) is 11.4 Å². The van der Waals surface area contributed by atoms with Gasteiger partial charge in [0, 0.05) is 23.0 Å². The van der Waals surface area contributed by atoms with E-state index in [0.717, 1.165) is 33.6 Å². The van der Waals surface area contributed by atoms with Gasteiger partial charge in [-0.15, -0.1) is 0 Å². The largest absolute Gasteiger partial charge is 0.399 e. The molecule has 0 fully saturated rings. The van der Waals surface area contributed by atoms with Crippen molar-refractivity contribution in [1.29, 1.82) is 0 Å². The number of hydrogen-bond donors (Lipinski definition) is 2. The van der Waals surface area contributed by atoms with Crippen LogP contribution in [0.15, 0.2) is 78.9 Å². The molecule has 0 amide bonds. The third-order valence-electron chi connectivity index (χ3n) is 4.26. The van der Waals surface area contributed by atoms with Crippen molar-refractivity contribution >= 4 is 22.1 Å². The van der Waals surface area contributed by atoms with Crippen molar-refractivity contribution in [2.24, 2.45) is 0 Å². The first-order chi connectivity index (χ1) is 11.7. The number of rotatable bonds is 2. The average Bonchev–Trinajstić information content (AvgIpc) is 2.63. The van der Waals surface area contributed by atoms with Gasteiger partial charge in [-0.25, -0.2) is 0 Å². The Morgan fingerprint density at radius 2 is 1.42 bits per heavy atom. The normalized spacial score (nSPS) is 10.8. The second kappa shape index (κ2) is 5.74. The van der Waals surface area contributed by atoms with Gasteiger partial charge in [0.15, 0.2) is 0 Å². The molecule has 0 unspecified atom stereocenters. The minimum atomic E-state index is 0.727. The summed E-state index contributed by atoms with van der Waals surface area (Å²) in [4.78, 5) is 0. The van der Waals surface area contributed by atoms with Crippen molar-refractivity contribution in [3.8, 4) is 22.3 Å². The highest BCUT2D eigenvalue weighted by Crippen LogP contribution is 2.35. The summed E-state index contributed by atoms with van der Waals surface area (Å²) in [5.41, 5.74) is 17.6. The highest BCUT2D eigenvalue weighted by Gasteiger charge is 2.09. The molecule has 0 spiro atoms. The summed E-state index contributed by atoms with van der Waals surface area (Å²) >= 11 is 0. The summed E-state index contributed by atoms with van der Waals surface area (Å²) in [7, 11) is 0. The van der Waals surface area contributed by atoms with Crippen molar-refractivity contribution in [3.63, 3.8) is 0 Å². The van der Waals surface area contributed by atoms with E-state index < -0.39 is 0 Å². The first kappa shape index (κ1) is 14.3. The van der Waals surface area contributed by atoms with Crippen molar-refractivity contribution in [3.05, 3.63) is 84.9 Å². The van der Waals surface area contributed by atoms with E-state index in [9.17, 15) is 0 Å². The van der Waals surface area contributed by atoms with Gasteiger partial charge < -0.3 is 11.5 Å². The van der Waals surface area contributed by atoms with Crippen LogP contribution in [-0.2, 0) is 0 Å². The maximum atomic E-state index is 6.26. The quantitative estimate of drug-likeness (QED) is 0.504. The maximum absolute atomic E-state index is 6.26. The number of anilines is 2. The molecule has 24 heavy (non-hydrogen) atoms. The summed E-state index contributed by atoms with van der Waals surface area (Å²) in [6.07, 6.45) is 0. The average molecular weight is 309 g/mol. The topological polar surface area (TPSA) is 52.0 Å². The molecule has 0 heterocycles. The highest BCUT2D eigenvalue weighted by molar-refractivity contribution is 5.99. The fourth-order valence-corrected chi connectivity index (χ4v) is 3.00. The van der Waals surface area contributed by atoms with Gasteiger partial charge in [0.25, 0.3) is 0 Å². The van der Waals surface area contributed by atoms with Gasteiger partial charge in [0.1, 0.15) is 0 Å². The Morgan fingerprint density at radius 1 is 0.667 bits per heavy atom. The fraction of sp³-hybridized carbons (Fsp3) is 0. The van der Waals surface area contributed by atoms with E-state index in [0.29, 0.717) is 0 Å². The summed E-state index contributed by atoms with van der Waals surface area (Å²) < 4.78 is 0. The summed E-state index contributed by atoms with van der Waals surface area (Å²) in [5.74, 6) is 0. The Kier molecular flexibility index (Phi) is 3.43. The Labute approximate surface area is 141 Å². The fourth-order valence-electron chi connectivity index (χ4n) is 3.00. The van der Waals surface area contributed by atoms with Crippen molar-refractivity contribution in [2.45, 2.75) is 0 Å². The lowest BCUT2D eigenvalue weighted by molar-refractivity contribution is 1.58. The number of benzene rings is 4. The molecule has 4 N–H and O–H groups in total. The van der Waals surface area contributed by atoms with Crippen LogP contribution >= 0.6 is 0 Å². The first-order valence-corrected chi connectivity index (χ1v) is 7.88. The minimum absolute atomic E-state index is 0.727. The van der Waals surface area contributed by atoms with E-state index in [4.69, 9.17) is 11.5 Å². The zero-order chi connectivity index (χ0) is 16.5. The van der Waals surface area contributed by atoms with Crippen LogP contribution in [-0.4, -0.2) is 0 Å². The van der Waals surface area contributed by atoms with Crippen molar-refractivity contribution < 1.29 is 0 Å². The third-order valence-corrected chi connectivity index (χ3v) is 4.26. The number of fused-ring (bicyclic) bond motifs is 1. The molecule has 0 aliphatic carbocycles. The summed E-state index contributed by atoms with van der Waals surface area (Å²) in [6.45, 7) is 0. The third kappa shape index (κ3) is 2.48. The van der Waals surface area contributed by atoms with Gasteiger partial charge in [0.2, 0.25) is 0 Å². The lowest BCUT2D eigenvalue weighted by Crippen LogP contribution is -1.92. The lowest BCUT2D eigenvalue weighted by Gasteiger charge is -2.11. The van der Waals surface area contributed by atoms with Crippen molar-refractivity contribution in [1.82, 2.24) is 0 Å². The number of hydrogen-bond acceptors (Lipinski definition) is 2. The second-order valence-electron chi connectivity index (χ2n) is 5.85. The maximum Gasteiger partial charge on any atom is 0.0400 e. The lowest BCUT2D eigenvalue weighted by atomic mass is 9.94. The Bertz CT molecular complexity index is 1010. The molecule has 0 saturated heterocycles. The predicted molar refractivity (Wildman–Crippen MR) is 102 cm³/mol. The van der Waals surface area contributed by atoms with Gasteiger partial charge in [-0.3, -0.25) is 0 Å². The summed E-state index contributed by atoms with van der Waals surface area (Å²) in [5, 5.41) is 2.37. The van der Waals surface area contributed by atoms with Crippen LogP contribution in [0, 0.1) is 6.07 Å². The summed E-state index contributed by atoms with van der Waals surface area (Å²) in [6, 6.07) is 29.8. The standard InChI is InChI=1S/C22H17N2/c23-18-11-8-15(9-12-18)17-10-13-22(24)21(14-17)20-7-3-5-16-4-1-2-6-19(16)20/h1-13H,23-24H2. The first-order valence-electron chi connectivity index (χ1n) is 7.88. The molecule has 0 atom stereocenters. The van der Waals surface area contributed by atoms with Gasteiger partial charge in [-0.1, -0.05) is 60.7 Å². The van der Waals surface area contributed by atoms with E-state index in [1.165, 1.54) is 10.8 Å². The molecular formula is C22H17N2. The van der Waals surface area contributed by atoms with Crippen LogP contribution < -0.4 is 11.5 Å². The van der Waals surface area contributed by atoms with E-state index in [1.807, 2.05) is 48.5 Å². The molecule has 4 rings (SSSR count). The van der Waals surface area contributed by atoms with Gasteiger partial charge in [0.05, 0.1) is 0 Å². The smallest absolute Gasteiger partial charge is 0.0400 e. The molecule has 115 valence electrons. The van der Waals surface area contributed by atoms with E-state index in [2.05, 4.69) is 36.4 Å². The Morgan fingerprint density at radius 3 is 2.25 bits per heavy atom.